The molecule has 3 aliphatic rings. The number of aromatic nitrogens is 2. The van der Waals surface area contributed by atoms with Gasteiger partial charge in [-0.15, -0.1) is 0 Å². The molecule has 2 N–H and O–H groups in total. The molecule has 2 fully saturated rings. The number of benzene rings is 1. The molecule has 1 saturated carbocycles. The van der Waals surface area contributed by atoms with E-state index in [-0.39, 0.29) is 30.0 Å². The molecule has 2 aliphatic carbocycles. The smallest absolute Gasteiger partial charge is 0.246 e. The van der Waals surface area contributed by atoms with Gasteiger partial charge in [-0.05, 0) is 74.6 Å². The van der Waals surface area contributed by atoms with Crippen LogP contribution >= 0.6 is 0 Å². The number of nitrogens with zero attached hydrogens (tertiary/aromatic N) is 2. The second-order valence-corrected chi connectivity index (χ2v) is 11.3. The van der Waals surface area contributed by atoms with Gasteiger partial charge in [-0.1, -0.05) is 51.3 Å². The summed E-state index contributed by atoms with van der Waals surface area (Å²) in [7, 11) is 1.58. The number of fused-ring (bicyclic) bond motifs is 2. The van der Waals surface area contributed by atoms with E-state index in [2.05, 4.69) is 66.8 Å². The number of carbonyl (C=O) groups is 1. The largest absolute Gasteiger partial charge is 0.483 e. The van der Waals surface area contributed by atoms with Crippen molar-refractivity contribution in [2.45, 2.75) is 96.2 Å². The van der Waals surface area contributed by atoms with E-state index in [0.717, 1.165) is 36.1 Å². The minimum Gasteiger partial charge on any atom is -0.483 e. The van der Waals surface area contributed by atoms with Crippen LogP contribution in [0.25, 0.3) is 11.0 Å². The van der Waals surface area contributed by atoms with Crippen LogP contribution in [0.2, 0.25) is 0 Å². The molecule has 0 bridgehead atoms. The maximum Gasteiger partial charge on any atom is 0.246 e. The van der Waals surface area contributed by atoms with Gasteiger partial charge in [-0.25, -0.2) is 4.98 Å². The third-order valence-corrected chi connectivity index (χ3v) is 8.78. The molecule has 1 aromatic carbocycles. The number of carbonyl (C=O) groups excluding carboxylic acids is 1. The summed E-state index contributed by atoms with van der Waals surface area (Å²) in [6.07, 6.45) is 11.6. The van der Waals surface area contributed by atoms with Crippen LogP contribution in [0, 0.1) is 11.8 Å². The van der Waals surface area contributed by atoms with Crippen molar-refractivity contribution in [2.75, 3.05) is 7.11 Å². The number of ether oxygens (including phenoxy) is 1. The number of nitrogens with one attached hydrogen (secondary N) is 2. The van der Waals surface area contributed by atoms with Crippen molar-refractivity contribution in [1.82, 2.24) is 20.2 Å². The SMILES string of the molecule is C=C(N[C@H](C(=O)N1[C@H](c2nc3cc(C(CC)C4=CCC4)ccc3[nH]2)C[C@@H]2CCCC[C@@H]21)C(C)C)OC. The zero-order valence-electron chi connectivity index (χ0n) is 22.3. The number of likely N-dealkylation sites (tertiary alicyclic amines) is 1. The maximum absolute atomic E-state index is 14.1. The highest BCUT2D eigenvalue weighted by atomic mass is 16.5. The Balaban J connectivity index is 1.48. The summed E-state index contributed by atoms with van der Waals surface area (Å²) < 4.78 is 5.27. The first kappa shape index (κ1) is 24.9. The lowest BCUT2D eigenvalue weighted by molar-refractivity contribution is -0.138. The maximum atomic E-state index is 14.1. The zero-order valence-corrected chi connectivity index (χ0v) is 22.3. The molecule has 1 unspecified atom stereocenters. The van der Waals surface area contributed by atoms with E-state index in [4.69, 9.17) is 9.72 Å². The predicted molar refractivity (Wildman–Crippen MR) is 144 cm³/mol. The average Bonchev–Trinajstić information content (AvgIpc) is 3.44. The molecule has 194 valence electrons. The van der Waals surface area contributed by atoms with Crippen molar-refractivity contribution in [3.05, 3.63) is 53.7 Å². The molecule has 1 amide bonds. The molecule has 1 aliphatic heterocycles. The van der Waals surface area contributed by atoms with Crippen molar-refractivity contribution in [1.29, 1.82) is 0 Å². The minimum atomic E-state index is -0.377. The summed E-state index contributed by atoms with van der Waals surface area (Å²) in [4.78, 5) is 25.0. The van der Waals surface area contributed by atoms with Gasteiger partial charge in [0.1, 0.15) is 11.9 Å². The second-order valence-electron chi connectivity index (χ2n) is 11.3. The van der Waals surface area contributed by atoms with Crippen molar-refractivity contribution < 1.29 is 9.53 Å². The van der Waals surface area contributed by atoms with Gasteiger partial charge in [-0.3, -0.25) is 4.79 Å². The molecule has 1 aromatic heterocycles. The van der Waals surface area contributed by atoms with Gasteiger partial charge in [0.05, 0.1) is 24.2 Å². The van der Waals surface area contributed by atoms with E-state index >= 15 is 0 Å². The minimum absolute atomic E-state index is 0.0309. The number of H-pyrrole nitrogens is 1. The van der Waals surface area contributed by atoms with Gasteiger partial charge in [-0.2, -0.15) is 0 Å². The van der Waals surface area contributed by atoms with Gasteiger partial charge in [0.25, 0.3) is 0 Å². The van der Waals surface area contributed by atoms with Crippen LogP contribution in [0.5, 0.6) is 0 Å². The lowest BCUT2D eigenvalue weighted by Crippen LogP contribution is -2.52. The first-order chi connectivity index (χ1) is 17.4. The Labute approximate surface area is 215 Å². The number of rotatable bonds is 9. The quantitative estimate of drug-likeness (QED) is 0.318. The predicted octanol–water partition coefficient (Wildman–Crippen LogP) is 6.34. The second kappa shape index (κ2) is 10.3. The normalized spacial score (nSPS) is 25.2. The third-order valence-electron chi connectivity index (χ3n) is 8.78. The molecule has 36 heavy (non-hydrogen) atoms. The van der Waals surface area contributed by atoms with Crippen LogP contribution in [0.3, 0.4) is 0 Å². The van der Waals surface area contributed by atoms with Crippen LogP contribution in [0.4, 0.5) is 0 Å². The summed E-state index contributed by atoms with van der Waals surface area (Å²) in [5.74, 6) is 2.62. The summed E-state index contributed by atoms with van der Waals surface area (Å²) >= 11 is 0. The Hall–Kier alpha value is -2.76. The van der Waals surface area contributed by atoms with E-state index in [1.54, 1.807) is 12.7 Å². The Bertz CT molecular complexity index is 1150. The van der Waals surface area contributed by atoms with Crippen molar-refractivity contribution >= 4 is 16.9 Å². The van der Waals surface area contributed by atoms with Crippen LogP contribution in [-0.4, -0.2) is 40.0 Å². The fourth-order valence-corrected chi connectivity index (χ4v) is 6.68. The number of aromatic amines is 1. The molecule has 2 heterocycles. The number of hydrogen-bond acceptors (Lipinski definition) is 4. The van der Waals surface area contributed by atoms with Gasteiger partial charge in [0.15, 0.2) is 5.88 Å². The van der Waals surface area contributed by atoms with E-state index in [9.17, 15) is 4.79 Å². The van der Waals surface area contributed by atoms with Gasteiger partial charge < -0.3 is 19.9 Å². The summed E-state index contributed by atoms with van der Waals surface area (Å²) in [5.41, 5.74) is 4.98. The highest BCUT2D eigenvalue weighted by Gasteiger charge is 2.48. The summed E-state index contributed by atoms with van der Waals surface area (Å²) in [5, 5.41) is 3.24. The Kier molecular flexibility index (Phi) is 7.14. The zero-order chi connectivity index (χ0) is 25.4. The van der Waals surface area contributed by atoms with Crippen molar-refractivity contribution in [3.8, 4) is 0 Å². The number of allylic oxidation sites excluding steroid dienone is 2. The Morgan fingerprint density at radius 3 is 2.75 bits per heavy atom. The average molecular weight is 491 g/mol. The van der Waals surface area contributed by atoms with Crippen LogP contribution in [0.15, 0.2) is 42.3 Å². The fraction of sp³-hybridized carbons (Fsp3) is 0.600. The Morgan fingerprint density at radius 2 is 2.08 bits per heavy atom. The number of methoxy groups -OCH3 is 1. The van der Waals surface area contributed by atoms with Crippen molar-refractivity contribution in [3.63, 3.8) is 0 Å². The van der Waals surface area contributed by atoms with Crippen LogP contribution in [0.1, 0.15) is 95.5 Å². The molecule has 0 radical (unpaired) electrons. The van der Waals surface area contributed by atoms with Crippen LogP contribution in [-0.2, 0) is 9.53 Å². The molecule has 1 saturated heterocycles. The standard InChI is InChI=1S/C30H42N4O2/c1-6-23(20-11-9-12-20)21-14-15-24-25(16-21)33-29(32-24)27-17-22-10-7-8-13-26(22)34(27)30(35)28(18(2)3)31-19(4)36-5/h11,14-16,18,22-23,26-28,31H,4,6-10,12-13,17H2,1-3,5H3,(H,32,33)/t22-,23?,26-,27-,28-/m0/s1. The molecular formula is C30H42N4O2. The number of imidazole rings is 1. The Morgan fingerprint density at radius 1 is 1.31 bits per heavy atom. The monoisotopic (exact) mass is 490 g/mol. The number of hydrogen-bond donors (Lipinski definition) is 2. The molecule has 5 atom stereocenters. The van der Waals surface area contributed by atoms with E-state index in [1.807, 2.05) is 0 Å². The van der Waals surface area contributed by atoms with E-state index < -0.39 is 0 Å². The lowest BCUT2D eigenvalue weighted by Gasteiger charge is -2.37. The summed E-state index contributed by atoms with van der Waals surface area (Å²) in [6, 6.07) is 6.56. The summed E-state index contributed by atoms with van der Waals surface area (Å²) in [6.45, 7) is 10.3. The molecule has 6 heteroatoms. The van der Waals surface area contributed by atoms with E-state index in [0.29, 0.717) is 17.7 Å². The van der Waals surface area contributed by atoms with Gasteiger partial charge >= 0.3 is 0 Å². The van der Waals surface area contributed by atoms with Crippen LogP contribution < -0.4 is 5.32 Å². The van der Waals surface area contributed by atoms with E-state index in [1.165, 1.54) is 37.7 Å². The van der Waals surface area contributed by atoms with Crippen molar-refractivity contribution in [2.24, 2.45) is 11.8 Å². The first-order valence-corrected chi connectivity index (χ1v) is 13.9. The topological polar surface area (TPSA) is 70.2 Å². The molecule has 2 aromatic rings. The molecule has 6 nitrogen and oxygen atoms in total. The molecular weight excluding hydrogens is 448 g/mol. The van der Waals surface area contributed by atoms with Gasteiger partial charge in [0, 0.05) is 12.0 Å². The lowest BCUT2D eigenvalue weighted by atomic mass is 9.81. The third kappa shape index (κ3) is 4.55. The fourth-order valence-electron chi connectivity index (χ4n) is 6.68. The number of amides is 1. The highest BCUT2D eigenvalue weighted by molar-refractivity contribution is 5.84. The first-order valence-electron chi connectivity index (χ1n) is 13.9. The molecule has 5 rings (SSSR count). The van der Waals surface area contributed by atoms with Gasteiger partial charge in [0.2, 0.25) is 5.91 Å². The molecule has 0 spiro atoms. The highest BCUT2D eigenvalue weighted by Crippen LogP contribution is 2.46.